The third-order valence-electron chi connectivity index (χ3n) is 2.28. The van der Waals surface area contributed by atoms with Gasteiger partial charge in [0, 0.05) is 10.6 Å². The Morgan fingerprint density at radius 3 is 2.47 bits per heavy atom. The molecule has 3 N–H and O–H groups in total. The Morgan fingerprint density at radius 1 is 1.27 bits per heavy atom. The minimum absolute atomic E-state index is 0.209. The van der Waals surface area contributed by atoms with Crippen LogP contribution in [0.3, 0.4) is 0 Å². The van der Waals surface area contributed by atoms with Crippen LogP contribution in [-0.4, -0.2) is 11.1 Å². The van der Waals surface area contributed by atoms with E-state index in [1.54, 1.807) is 18.2 Å². The van der Waals surface area contributed by atoms with Crippen molar-refractivity contribution in [2.45, 2.75) is 4.90 Å². The van der Waals surface area contributed by atoms with E-state index in [0.29, 0.717) is 16.0 Å². The molecule has 0 spiro atoms. The molecule has 2 rings (SSSR count). The van der Waals surface area contributed by atoms with Crippen LogP contribution < -0.4 is 5.73 Å². The summed E-state index contributed by atoms with van der Waals surface area (Å²) in [4.78, 5) is 11.6. The van der Waals surface area contributed by atoms with Crippen molar-refractivity contribution >= 4 is 35.1 Å². The van der Waals surface area contributed by atoms with Crippen LogP contribution in [0.4, 0.5) is 5.69 Å². The minimum atomic E-state index is -0.980. The highest BCUT2D eigenvalue weighted by atomic mass is 32.1. The Morgan fingerprint density at radius 2 is 1.87 bits per heavy atom. The molecule has 0 aliphatic heterocycles. The number of thiol groups is 1. The van der Waals surface area contributed by atoms with Gasteiger partial charge in [-0.15, -0.1) is 12.6 Å². The molecule has 2 aromatic rings. The fraction of sp³-hybridized carbons (Fsp3) is 0. The van der Waals surface area contributed by atoms with E-state index in [2.05, 4.69) is 12.6 Å². The van der Waals surface area contributed by atoms with Gasteiger partial charge >= 0.3 is 5.97 Å². The Bertz CT molecular complexity index is 552. The number of carbonyl (C=O) groups is 1. The van der Waals surface area contributed by atoms with Crippen molar-refractivity contribution in [2.24, 2.45) is 0 Å². The number of nitrogens with two attached hydrogens (primary N) is 1. The number of anilines is 1. The van der Waals surface area contributed by atoms with Gasteiger partial charge in [-0.1, -0.05) is 24.3 Å². The standard InChI is InChI=1S/C11H9NO2S/c12-9-5-8(11(13)14)6-3-1-2-4-7(6)10(9)15/h1-5,15H,12H2,(H,13,14). The second kappa shape index (κ2) is 3.47. The number of nitrogen functional groups attached to an aromatic ring is 1. The predicted molar refractivity (Wildman–Crippen MR) is 62.6 cm³/mol. The zero-order chi connectivity index (χ0) is 11.0. The largest absolute Gasteiger partial charge is 0.478 e. The molecule has 0 aliphatic carbocycles. The van der Waals surface area contributed by atoms with Gasteiger partial charge in [-0.25, -0.2) is 4.79 Å². The van der Waals surface area contributed by atoms with Gasteiger partial charge in [0.1, 0.15) is 0 Å². The van der Waals surface area contributed by atoms with Gasteiger partial charge in [0.15, 0.2) is 0 Å². The number of carboxylic acid groups (broad SMARTS) is 1. The summed E-state index contributed by atoms with van der Waals surface area (Å²) in [7, 11) is 0. The molecule has 3 nitrogen and oxygen atoms in total. The molecule has 76 valence electrons. The van der Waals surface area contributed by atoms with E-state index in [1.165, 1.54) is 6.07 Å². The number of rotatable bonds is 1. The molecule has 0 heterocycles. The highest BCUT2D eigenvalue weighted by molar-refractivity contribution is 7.80. The lowest BCUT2D eigenvalue weighted by atomic mass is 10.0. The maximum atomic E-state index is 11.0. The summed E-state index contributed by atoms with van der Waals surface area (Å²) >= 11 is 4.26. The van der Waals surface area contributed by atoms with Crippen molar-refractivity contribution in [1.82, 2.24) is 0 Å². The van der Waals surface area contributed by atoms with E-state index >= 15 is 0 Å². The number of carboxylic acids is 1. The van der Waals surface area contributed by atoms with Gasteiger partial charge < -0.3 is 10.8 Å². The van der Waals surface area contributed by atoms with Crippen LogP contribution >= 0.6 is 12.6 Å². The number of hydrogen-bond donors (Lipinski definition) is 3. The maximum absolute atomic E-state index is 11.0. The highest BCUT2D eigenvalue weighted by Crippen LogP contribution is 2.30. The summed E-state index contributed by atoms with van der Waals surface area (Å²) in [5.74, 6) is -0.980. The Kier molecular flexibility index (Phi) is 2.28. The van der Waals surface area contributed by atoms with E-state index in [1.807, 2.05) is 6.07 Å². The first-order valence-electron chi connectivity index (χ1n) is 4.34. The SMILES string of the molecule is Nc1cc(C(=O)O)c2ccccc2c1S. The molecule has 15 heavy (non-hydrogen) atoms. The van der Waals surface area contributed by atoms with Crippen molar-refractivity contribution in [3.63, 3.8) is 0 Å². The summed E-state index contributed by atoms with van der Waals surface area (Å²) in [6, 6.07) is 8.61. The molecule has 4 heteroatoms. The minimum Gasteiger partial charge on any atom is -0.478 e. The molecule has 0 bridgehead atoms. The summed E-state index contributed by atoms with van der Waals surface area (Å²) in [6.45, 7) is 0. The van der Waals surface area contributed by atoms with Crippen LogP contribution in [0.1, 0.15) is 10.4 Å². The van der Waals surface area contributed by atoms with E-state index in [4.69, 9.17) is 10.8 Å². The molecular weight excluding hydrogens is 210 g/mol. The Balaban J connectivity index is 2.94. The summed E-state index contributed by atoms with van der Waals surface area (Å²) in [5, 5.41) is 10.4. The Labute approximate surface area is 91.9 Å². The molecule has 0 aromatic heterocycles. The van der Waals surface area contributed by atoms with Crippen molar-refractivity contribution in [1.29, 1.82) is 0 Å². The molecule has 0 radical (unpaired) electrons. The van der Waals surface area contributed by atoms with Gasteiger partial charge in [-0.05, 0) is 16.8 Å². The van der Waals surface area contributed by atoms with E-state index in [9.17, 15) is 4.79 Å². The Hall–Kier alpha value is -1.68. The smallest absolute Gasteiger partial charge is 0.336 e. The van der Waals surface area contributed by atoms with Crippen LogP contribution in [0.2, 0.25) is 0 Å². The van der Waals surface area contributed by atoms with Crippen molar-refractivity contribution < 1.29 is 9.90 Å². The molecule has 0 fully saturated rings. The molecule has 0 saturated carbocycles. The summed E-state index contributed by atoms with van der Waals surface area (Å²) in [5.41, 5.74) is 6.28. The van der Waals surface area contributed by atoms with Crippen LogP contribution in [0.25, 0.3) is 10.8 Å². The number of hydrogen-bond acceptors (Lipinski definition) is 3. The second-order valence-corrected chi connectivity index (χ2v) is 3.66. The monoisotopic (exact) mass is 219 g/mol. The zero-order valence-corrected chi connectivity index (χ0v) is 8.66. The maximum Gasteiger partial charge on any atom is 0.336 e. The quantitative estimate of drug-likeness (QED) is 0.510. The fourth-order valence-electron chi connectivity index (χ4n) is 1.56. The number of fused-ring (bicyclic) bond motifs is 1. The lowest BCUT2D eigenvalue weighted by molar-refractivity contribution is 0.0699. The van der Waals surface area contributed by atoms with E-state index < -0.39 is 5.97 Å². The number of aromatic carboxylic acids is 1. The van der Waals surface area contributed by atoms with Crippen molar-refractivity contribution in [3.05, 3.63) is 35.9 Å². The van der Waals surface area contributed by atoms with Crippen LogP contribution in [-0.2, 0) is 0 Å². The average Bonchev–Trinajstić information content (AvgIpc) is 2.23. The molecule has 0 saturated heterocycles. The third-order valence-corrected chi connectivity index (χ3v) is 2.78. The first kappa shape index (κ1) is 9.86. The molecule has 2 aromatic carbocycles. The molecule has 0 aliphatic rings. The fourth-order valence-corrected chi connectivity index (χ4v) is 1.82. The van der Waals surface area contributed by atoms with Gasteiger partial charge in [0.2, 0.25) is 0 Å². The average molecular weight is 219 g/mol. The lowest BCUT2D eigenvalue weighted by Crippen LogP contribution is -2.00. The zero-order valence-electron chi connectivity index (χ0n) is 7.77. The third kappa shape index (κ3) is 1.53. The van der Waals surface area contributed by atoms with Gasteiger partial charge in [-0.3, -0.25) is 0 Å². The number of benzene rings is 2. The molecule has 0 unspecified atom stereocenters. The summed E-state index contributed by atoms with van der Waals surface area (Å²) in [6.07, 6.45) is 0. The van der Waals surface area contributed by atoms with Gasteiger partial charge in [0.25, 0.3) is 0 Å². The second-order valence-electron chi connectivity index (χ2n) is 3.21. The first-order valence-corrected chi connectivity index (χ1v) is 4.79. The van der Waals surface area contributed by atoms with Crippen LogP contribution in [0.15, 0.2) is 35.2 Å². The normalized spacial score (nSPS) is 10.5. The van der Waals surface area contributed by atoms with E-state index in [0.717, 1.165) is 5.39 Å². The molecule has 0 amide bonds. The highest BCUT2D eigenvalue weighted by Gasteiger charge is 2.12. The topological polar surface area (TPSA) is 63.3 Å². The summed E-state index contributed by atoms with van der Waals surface area (Å²) < 4.78 is 0. The van der Waals surface area contributed by atoms with Crippen LogP contribution in [0, 0.1) is 0 Å². The molecule has 0 atom stereocenters. The predicted octanol–water partition coefficient (Wildman–Crippen LogP) is 2.41. The first-order chi connectivity index (χ1) is 7.11. The van der Waals surface area contributed by atoms with Gasteiger partial charge in [-0.2, -0.15) is 0 Å². The van der Waals surface area contributed by atoms with Crippen molar-refractivity contribution in [3.8, 4) is 0 Å². The van der Waals surface area contributed by atoms with Gasteiger partial charge in [0.05, 0.1) is 5.56 Å². The molecular formula is C11H9NO2S. The lowest BCUT2D eigenvalue weighted by Gasteiger charge is -2.07. The van der Waals surface area contributed by atoms with Crippen LogP contribution in [0.5, 0.6) is 0 Å². The van der Waals surface area contributed by atoms with Crippen molar-refractivity contribution in [2.75, 3.05) is 5.73 Å². The van der Waals surface area contributed by atoms with E-state index in [-0.39, 0.29) is 5.56 Å².